The number of imidazole rings is 1. The van der Waals surface area contributed by atoms with Crippen molar-refractivity contribution in [1.82, 2.24) is 9.97 Å². The zero-order valence-electron chi connectivity index (χ0n) is 10.5. The first kappa shape index (κ1) is 13.3. The largest absolute Gasteiger partial charge is 0.323 e. The molecule has 3 aromatic rings. The van der Waals surface area contributed by atoms with E-state index >= 15 is 0 Å². The highest BCUT2D eigenvalue weighted by atomic mass is 35.5. The van der Waals surface area contributed by atoms with Crippen molar-refractivity contribution in [2.24, 2.45) is 0 Å². The van der Waals surface area contributed by atoms with E-state index in [1.807, 2.05) is 42.5 Å². The van der Waals surface area contributed by atoms with Gasteiger partial charge in [-0.3, -0.25) is 0 Å². The van der Waals surface area contributed by atoms with Crippen molar-refractivity contribution in [1.29, 1.82) is 0 Å². The van der Waals surface area contributed by atoms with Gasteiger partial charge in [0.2, 0.25) is 0 Å². The maximum absolute atomic E-state index is 11.2. The second kappa shape index (κ2) is 5.35. The Kier molecular flexibility index (Phi) is 3.55. The zero-order valence-corrected chi connectivity index (χ0v) is 12.0. The van der Waals surface area contributed by atoms with Gasteiger partial charge in [0.1, 0.15) is 0 Å². The monoisotopic (exact) mass is 306 g/mol. The first-order valence-electron chi connectivity index (χ1n) is 6.22. The molecule has 1 heterocycles. The van der Waals surface area contributed by atoms with Crippen LogP contribution < -0.4 is 5.69 Å². The molecule has 0 radical (unpaired) electrons. The summed E-state index contributed by atoms with van der Waals surface area (Å²) in [4.78, 5) is 16.7. The van der Waals surface area contributed by atoms with Crippen LogP contribution in [0.4, 0.5) is 0 Å². The maximum atomic E-state index is 11.2. The summed E-state index contributed by atoms with van der Waals surface area (Å²) in [6.45, 7) is 0. The quantitative estimate of drug-likeness (QED) is 0.705. The Labute approximate surface area is 125 Å². The molecule has 0 saturated carbocycles. The minimum Gasteiger partial charge on any atom is -0.306 e. The van der Waals surface area contributed by atoms with Gasteiger partial charge in [-0.25, -0.2) is 4.79 Å². The normalized spacial score (nSPS) is 12.7. The number of halogens is 2. The number of rotatable bonds is 3. The van der Waals surface area contributed by atoms with E-state index in [2.05, 4.69) is 9.97 Å². The number of hydrogen-bond acceptors (Lipinski definition) is 1. The van der Waals surface area contributed by atoms with Crippen LogP contribution in [0.2, 0.25) is 5.02 Å². The molecule has 0 saturated heterocycles. The van der Waals surface area contributed by atoms with Gasteiger partial charge >= 0.3 is 5.69 Å². The average Bonchev–Trinajstić information content (AvgIpc) is 2.77. The van der Waals surface area contributed by atoms with Crippen molar-refractivity contribution in [3.05, 3.63) is 69.1 Å². The molecular formula is C15H12Cl2N2O. The molecule has 1 unspecified atom stereocenters. The number of aromatic amines is 2. The molecule has 0 bridgehead atoms. The van der Waals surface area contributed by atoms with Gasteiger partial charge in [-0.15, -0.1) is 11.6 Å². The fourth-order valence-corrected chi connectivity index (χ4v) is 2.76. The van der Waals surface area contributed by atoms with Crippen LogP contribution in [0, 0.1) is 0 Å². The van der Waals surface area contributed by atoms with Crippen LogP contribution in [0.5, 0.6) is 0 Å². The predicted octanol–water partition coefficient (Wildman–Crippen LogP) is 4.03. The van der Waals surface area contributed by atoms with Crippen LogP contribution in [-0.4, -0.2) is 9.97 Å². The van der Waals surface area contributed by atoms with Gasteiger partial charge in [0.25, 0.3) is 0 Å². The highest BCUT2D eigenvalue weighted by molar-refractivity contribution is 6.30. The van der Waals surface area contributed by atoms with E-state index in [1.165, 1.54) is 0 Å². The van der Waals surface area contributed by atoms with Gasteiger partial charge in [0, 0.05) is 5.02 Å². The molecule has 102 valence electrons. The summed E-state index contributed by atoms with van der Waals surface area (Å²) in [7, 11) is 0. The number of benzene rings is 2. The van der Waals surface area contributed by atoms with Gasteiger partial charge in [0.05, 0.1) is 16.4 Å². The van der Waals surface area contributed by atoms with Crippen LogP contribution in [0.15, 0.2) is 47.3 Å². The Bertz CT molecular complexity index is 807. The van der Waals surface area contributed by atoms with E-state index in [1.54, 1.807) is 0 Å². The molecule has 0 aliphatic rings. The molecule has 3 rings (SSSR count). The molecule has 0 amide bonds. The number of nitrogens with one attached hydrogen (secondary N) is 2. The van der Waals surface area contributed by atoms with Crippen molar-refractivity contribution in [3.8, 4) is 0 Å². The second-order valence-corrected chi connectivity index (χ2v) is 5.65. The topological polar surface area (TPSA) is 48.6 Å². The predicted molar refractivity (Wildman–Crippen MR) is 82.7 cm³/mol. The molecule has 1 aromatic heterocycles. The Morgan fingerprint density at radius 3 is 2.65 bits per heavy atom. The zero-order chi connectivity index (χ0) is 14.1. The lowest BCUT2D eigenvalue weighted by atomic mass is 10.0. The van der Waals surface area contributed by atoms with E-state index in [0.717, 1.165) is 22.2 Å². The smallest absolute Gasteiger partial charge is 0.306 e. The fraction of sp³-hybridized carbons (Fsp3) is 0.133. The minimum atomic E-state index is -0.210. The third kappa shape index (κ3) is 2.74. The lowest BCUT2D eigenvalue weighted by Crippen LogP contribution is -1.99. The van der Waals surface area contributed by atoms with Crippen molar-refractivity contribution < 1.29 is 0 Å². The number of aromatic nitrogens is 2. The molecule has 0 fully saturated rings. The lowest BCUT2D eigenvalue weighted by molar-refractivity contribution is 0.921. The second-order valence-electron chi connectivity index (χ2n) is 4.69. The number of alkyl halides is 1. The van der Waals surface area contributed by atoms with Crippen LogP contribution >= 0.6 is 23.2 Å². The molecular weight excluding hydrogens is 295 g/mol. The standard InChI is InChI=1S/C15H12Cl2N2O/c16-11-3-1-2-9(6-11)7-12(17)10-4-5-13-14(8-10)19-15(20)18-13/h1-6,8,12H,7H2,(H2,18,19,20). The minimum absolute atomic E-state index is 0.170. The molecule has 0 aliphatic heterocycles. The Morgan fingerprint density at radius 1 is 1.05 bits per heavy atom. The third-order valence-electron chi connectivity index (χ3n) is 3.21. The SMILES string of the molecule is O=c1[nH]c2ccc(C(Cl)Cc3cccc(Cl)c3)cc2[nH]1. The van der Waals surface area contributed by atoms with Crippen LogP contribution in [0.1, 0.15) is 16.5 Å². The molecule has 0 aliphatic carbocycles. The van der Waals surface area contributed by atoms with Crippen molar-refractivity contribution in [2.45, 2.75) is 11.8 Å². The van der Waals surface area contributed by atoms with E-state index in [9.17, 15) is 4.79 Å². The molecule has 5 heteroatoms. The molecule has 0 spiro atoms. The van der Waals surface area contributed by atoms with Gasteiger partial charge < -0.3 is 9.97 Å². The summed E-state index contributed by atoms with van der Waals surface area (Å²) in [6.07, 6.45) is 0.683. The number of H-pyrrole nitrogens is 2. The molecule has 1 atom stereocenters. The van der Waals surface area contributed by atoms with Gasteiger partial charge in [-0.1, -0.05) is 29.8 Å². The van der Waals surface area contributed by atoms with Crippen molar-refractivity contribution in [2.75, 3.05) is 0 Å². The van der Waals surface area contributed by atoms with Gasteiger partial charge in [-0.2, -0.15) is 0 Å². The van der Waals surface area contributed by atoms with E-state index in [-0.39, 0.29) is 11.1 Å². The molecule has 20 heavy (non-hydrogen) atoms. The number of hydrogen-bond donors (Lipinski definition) is 2. The molecule has 2 N–H and O–H groups in total. The summed E-state index contributed by atoms with van der Waals surface area (Å²) in [5.74, 6) is 0. The maximum Gasteiger partial charge on any atom is 0.323 e. The Morgan fingerprint density at radius 2 is 1.85 bits per heavy atom. The van der Waals surface area contributed by atoms with Crippen molar-refractivity contribution >= 4 is 34.2 Å². The van der Waals surface area contributed by atoms with Crippen LogP contribution in [-0.2, 0) is 6.42 Å². The summed E-state index contributed by atoms with van der Waals surface area (Å²) in [5, 5.41) is 0.535. The summed E-state index contributed by atoms with van der Waals surface area (Å²) < 4.78 is 0. The third-order valence-corrected chi connectivity index (χ3v) is 3.85. The number of fused-ring (bicyclic) bond motifs is 1. The highest BCUT2D eigenvalue weighted by Gasteiger charge is 2.11. The Balaban J connectivity index is 1.88. The first-order valence-corrected chi connectivity index (χ1v) is 7.04. The first-order chi connectivity index (χ1) is 9.61. The van der Waals surface area contributed by atoms with E-state index in [0.29, 0.717) is 11.4 Å². The fourth-order valence-electron chi connectivity index (χ4n) is 2.23. The van der Waals surface area contributed by atoms with Crippen LogP contribution in [0.25, 0.3) is 11.0 Å². The van der Waals surface area contributed by atoms with E-state index < -0.39 is 0 Å². The highest BCUT2D eigenvalue weighted by Crippen LogP contribution is 2.27. The van der Waals surface area contributed by atoms with Gasteiger partial charge in [0.15, 0.2) is 0 Å². The molecule has 3 nitrogen and oxygen atoms in total. The average molecular weight is 307 g/mol. The summed E-state index contributed by atoms with van der Waals surface area (Å²) >= 11 is 12.4. The summed E-state index contributed by atoms with van der Waals surface area (Å²) in [5.41, 5.74) is 3.39. The van der Waals surface area contributed by atoms with Crippen LogP contribution in [0.3, 0.4) is 0 Å². The van der Waals surface area contributed by atoms with Gasteiger partial charge in [-0.05, 0) is 41.8 Å². The van der Waals surface area contributed by atoms with Crippen molar-refractivity contribution in [3.63, 3.8) is 0 Å². The summed E-state index contributed by atoms with van der Waals surface area (Å²) in [6, 6.07) is 13.3. The van der Waals surface area contributed by atoms with E-state index in [4.69, 9.17) is 23.2 Å². The Hall–Kier alpha value is -1.71. The lowest BCUT2D eigenvalue weighted by Gasteiger charge is -2.10. The molecule has 2 aromatic carbocycles.